The highest BCUT2D eigenvalue weighted by Gasteiger charge is 2.29. The van der Waals surface area contributed by atoms with Gasteiger partial charge in [-0.05, 0) is 66.4 Å². The van der Waals surface area contributed by atoms with Gasteiger partial charge in [-0.1, -0.05) is 27.2 Å². The molecule has 2 rings (SSSR count). The van der Waals surface area contributed by atoms with E-state index in [1.54, 1.807) is 31.4 Å². The molecule has 0 heterocycles. The molecule has 0 aliphatic rings. The molecular formula is C24H31N3O4. The predicted octanol–water partition coefficient (Wildman–Crippen LogP) is 4.24. The molecule has 2 N–H and O–H groups in total. The van der Waals surface area contributed by atoms with Crippen LogP contribution in [0.15, 0.2) is 53.6 Å². The highest BCUT2D eigenvalue weighted by molar-refractivity contribution is 6.06. The lowest BCUT2D eigenvalue weighted by Crippen LogP contribution is -2.39. The second-order valence-electron chi connectivity index (χ2n) is 7.44. The van der Waals surface area contributed by atoms with Crippen LogP contribution in [0.2, 0.25) is 0 Å². The van der Waals surface area contributed by atoms with E-state index in [2.05, 4.69) is 22.8 Å². The van der Waals surface area contributed by atoms with E-state index in [-0.39, 0.29) is 11.8 Å². The maximum absolute atomic E-state index is 12.7. The SMILES string of the molecule is CCCCOc1ccc(C=NNC(=O)C(C(=O)Nc2ccc(OC)cc2)C(C)C)cc1. The molecule has 0 saturated carbocycles. The Bertz CT molecular complexity index is 861. The van der Waals surface area contributed by atoms with E-state index in [1.165, 1.54) is 6.21 Å². The lowest BCUT2D eigenvalue weighted by molar-refractivity contribution is -0.134. The number of methoxy groups -OCH3 is 1. The van der Waals surface area contributed by atoms with Crippen LogP contribution in [0.3, 0.4) is 0 Å². The largest absolute Gasteiger partial charge is 0.497 e. The van der Waals surface area contributed by atoms with Gasteiger partial charge in [-0.15, -0.1) is 0 Å². The van der Waals surface area contributed by atoms with Gasteiger partial charge in [-0.2, -0.15) is 5.10 Å². The molecule has 31 heavy (non-hydrogen) atoms. The van der Waals surface area contributed by atoms with E-state index in [0.29, 0.717) is 18.0 Å². The molecule has 0 saturated heterocycles. The summed E-state index contributed by atoms with van der Waals surface area (Å²) in [4.78, 5) is 25.2. The monoisotopic (exact) mass is 425 g/mol. The van der Waals surface area contributed by atoms with Gasteiger partial charge in [0.1, 0.15) is 17.4 Å². The summed E-state index contributed by atoms with van der Waals surface area (Å²) in [5.41, 5.74) is 3.88. The maximum Gasteiger partial charge on any atom is 0.252 e. The molecule has 166 valence electrons. The molecule has 1 atom stereocenters. The van der Waals surface area contributed by atoms with Crippen molar-refractivity contribution < 1.29 is 19.1 Å². The van der Waals surface area contributed by atoms with Gasteiger partial charge in [0, 0.05) is 5.69 Å². The summed E-state index contributed by atoms with van der Waals surface area (Å²) < 4.78 is 10.7. The minimum atomic E-state index is -0.881. The van der Waals surface area contributed by atoms with E-state index in [9.17, 15) is 9.59 Å². The van der Waals surface area contributed by atoms with Crippen molar-refractivity contribution in [3.63, 3.8) is 0 Å². The highest BCUT2D eigenvalue weighted by Crippen LogP contribution is 2.18. The molecule has 0 aromatic heterocycles. The Morgan fingerprint density at radius 2 is 1.65 bits per heavy atom. The average molecular weight is 426 g/mol. The predicted molar refractivity (Wildman–Crippen MR) is 123 cm³/mol. The minimum Gasteiger partial charge on any atom is -0.497 e. The zero-order chi connectivity index (χ0) is 22.6. The van der Waals surface area contributed by atoms with Gasteiger partial charge in [0.25, 0.3) is 5.91 Å². The molecular weight excluding hydrogens is 394 g/mol. The molecule has 2 amide bonds. The van der Waals surface area contributed by atoms with Gasteiger partial charge in [-0.25, -0.2) is 5.43 Å². The standard InChI is InChI=1S/C24H31N3O4/c1-5-6-15-31-21-11-7-18(8-12-21)16-25-27-24(29)22(17(2)3)23(28)26-19-9-13-20(30-4)14-10-19/h7-14,16-17,22H,5-6,15H2,1-4H3,(H,26,28)(H,27,29). The molecule has 0 fully saturated rings. The van der Waals surface area contributed by atoms with E-state index < -0.39 is 11.8 Å². The van der Waals surface area contributed by atoms with Crippen molar-refractivity contribution in [2.75, 3.05) is 19.0 Å². The van der Waals surface area contributed by atoms with Crippen molar-refractivity contribution in [1.82, 2.24) is 5.43 Å². The molecule has 1 unspecified atom stereocenters. The summed E-state index contributed by atoms with van der Waals surface area (Å²) in [7, 11) is 1.57. The molecule has 0 aliphatic heterocycles. The van der Waals surface area contributed by atoms with E-state index in [1.807, 2.05) is 38.1 Å². The number of benzene rings is 2. The van der Waals surface area contributed by atoms with E-state index in [4.69, 9.17) is 9.47 Å². The Labute approximate surface area is 183 Å². The Balaban J connectivity index is 1.92. The fourth-order valence-corrected chi connectivity index (χ4v) is 2.84. The fourth-order valence-electron chi connectivity index (χ4n) is 2.84. The lowest BCUT2D eigenvalue weighted by atomic mass is 9.94. The molecule has 7 nitrogen and oxygen atoms in total. The van der Waals surface area contributed by atoms with Crippen LogP contribution in [0, 0.1) is 11.8 Å². The summed E-state index contributed by atoms with van der Waals surface area (Å²) in [5, 5.41) is 6.77. The van der Waals surface area contributed by atoms with Crippen molar-refractivity contribution in [3.8, 4) is 11.5 Å². The Kier molecular flexibility index (Phi) is 9.55. The van der Waals surface area contributed by atoms with Crippen LogP contribution in [0.1, 0.15) is 39.2 Å². The minimum absolute atomic E-state index is 0.201. The molecule has 0 spiro atoms. The number of nitrogens with zero attached hydrogens (tertiary/aromatic N) is 1. The topological polar surface area (TPSA) is 89.0 Å². The van der Waals surface area contributed by atoms with Gasteiger partial charge in [-0.3, -0.25) is 9.59 Å². The third-order valence-electron chi connectivity index (χ3n) is 4.62. The van der Waals surface area contributed by atoms with Crippen molar-refractivity contribution in [2.24, 2.45) is 16.9 Å². The molecule has 7 heteroatoms. The molecule has 2 aromatic rings. The summed E-state index contributed by atoms with van der Waals surface area (Å²) in [6, 6.07) is 14.4. The van der Waals surface area contributed by atoms with Crippen LogP contribution in [0.5, 0.6) is 11.5 Å². The third-order valence-corrected chi connectivity index (χ3v) is 4.62. The maximum atomic E-state index is 12.7. The van der Waals surface area contributed by atoms with Crippen molar-refractivity contribution >= 4 is 23.7 Å². The number of anilines is 1. The van der Waals surface area contributed by atoms with Crippen LogP contribution >= 0.6 is 0 Å². The Hall–Kier alpha value is -3.35. The number of nitrogens with one attached hydrogen (secondary N) is 2. The van der Waals surface area contributed by atoms with Crippen molar-refractivity contribution in [3.05, 3.63) is 54.1 Å². The zero-order valence-corrected chi connectivity index (χ0v) is 18.6. The number of hydrogen-bond donors (Lipinski definition) is 2. The quantitative estimate of drug-likeness (QED) is 0.244. The molecule has 0 aliphatic carbocycles. The number of carbonyl (C=O) groups is 2. The first kappa shape index (κ1) is 23.9. The number of hydrazone groups is 1. The lowest BCUT2D eigenvalue weighted by Gasteiger charge is -2.18. The van der Waals surface area contributed by atoms with Gasteiger partial charge in [0.2, 0.25) is 5.91 Å². The third kappa shape index (κ3) is 7.77. The fraction of sp³-hybridized carbons (Fsp3) is 0.375. The molecule has 2 aromatic carbocycles. The van der Waals surface area contributed by atoms with Gasteiger partial charge in [0.05, 0.1) is 19.9 Å². The van der Waals surface area contributed by atoms with Crippen LogP contribution < -0.4 is 20.2 Å². The van der Waals surface area contributed by atoms with Crippen LogP contribution in [-0.4, -0.2) is 31.7 Å². The van der Waals surface area contributed by atoms with Crippen molar-refractivity contribution in [1.29, 1.82) is 0 Å². The van der Waals surface area contributed by atoms with Gasteiger partial charge < -0.3 is 14.8 Å². The summed E-state index contributed by atoms with van der Waals surface area (Å²) in [6.07, 6.45) is 3.63. The number of unbranched alkanes of at least 4 members (excludes halogenated alkanes) is 1. The van der Waals surface area contributed by atoms with Crippen LogP contribution in [0.4, 0.5) is 5.69 Å². The summed E-state index contributed by atoms with van der Waals surface area (Å²) in [6.45, 7) is 6.44. The van der Waals surface area contributed by atoms with Crippen molar-refractivity contribution in [2.45, 2.75) is 33.6 Å². The smallest absolute Gasteiger partial charge is 0.252 e. The number of amides is 2. The van der Waals surface area contributed by atoms with E-state index in [0.717, 1.165) is 24.2 Å². The Morgan fingerprint density at radius 3 is 2.23 bits per heavy atom. The first-order chi connectivity index (χ1) is 14.9. The zero-order valence-electron chi connectivity index (χ0n) is 18.6. The molecule has 0 radical (unpaired) electrons. The second kappa shape index (κ2) is 12.4. The highest BCUT2D eigenvalue weighted by atomic mass is 16.5. The summed E-state index contributed by atoms with van der Waals surface area (Å²) >= 11 is 0. The molecule has 0 bridgehead atoms. The number of carbonyl (C=O) groups excluding carboxylic acids is 2. The van der Waals surface area contributed by atoms with E-state index >= 15 is 0 Å². The summed E-state index contributed by atoms with van der Waals surface area (Å²) in [5.74, 6) is -0.449. The first-order valence-corrected chi connectivity index (χ1v) is 10.4. The number of hydrogen-bond acceptors (Lipinski definition) is 5. The van der Waals surface area contributed by atoms with Gasteiger partial charge in [0.15, 0.2) is 0 Å². The normalized spacial score (nSPS) is 11.9. The number of ether oxygens (including phenoxy) is 2. The average Bonchev–Trinajstić information content (AvgIpc) is 2.75. The first-order valence-electron chi connectivity index (χ1n) is 10.4. The van der Waals surface area contributed by atoms with Crippen LogP contribution in [0.25, 0.3) is 0 Å². The second-order valence-corrected chi connectivity index (χ2v) is 7.44. The number of rotatable bonds is 11. The Morgan fingerprint density at radius 1 is 1.00 bits per heavy atom. The van der Waals surface area contributed by atoms with Crippen LogP contribution in [-0.2, 0) is 9.59 Å². The van der Waals surface area contributed by atoms with Gasteiger partial charge >= 0.3 is 0 Å².